The first-order valence-corrected chi connectivity index (χ1v) is 13.5. The van der Waals surface area contributed by atoms with Crippen LogP contribution in [-0.4, -0.2) is 55.6 Å². The maximum Gasteiger partial charge on any atom is 0.273 e. The van der Waals surface area contributed by atoms with Crippen molar-refractivity contribution < 1.29 is 28.6 Å². The molecule has 2 atom stereocenters. The van der Waals surface area contributed by atoms with E-state index in [1.54, 1.807) is 30.3 Å². The summed E-state index contributed by atoms with van der Waals surface area (Å²) in [6.45, 7) is 4.70. The third-order valence-corrected chi connectivity index (χ3v) is 7.82. The Morgan fingerprint density at radius 3 is 2.55 bits per heavy atom. The third-order valence-electron chi connectivity index (χ3n) is 6.97. The second-order valence-corrected chi connectivity index (χ2v) is 10.2. The van der Waals surface area contributed by atoms with Crippen molar-refractivity contribution in [3.63, 3.8) is 0 Å². The second kappa shape index (κ2) is 12.3. The van der Waals surface area contributed by atoms with E-state index in [0.717, 1.165) is 35.5 Å². The van der Waals surface area contributed by atoms with Crippen LogP contribution in [-0.2, 0) is 9.53 Å². The Morgan fingerprint density at radius 1 is 1.18 bits per heavy atom. The highest BCUT2D eigenvalue weighted by Gasteiger charge is 2.37. The lowest BCUT2D eigenvalue weighted by Gasteiger charge is -2.33. The van der Waals surface area contributed by atoms with Gasteiger partial charge in [0.1, 0.15) is 10.9 Å². The van der Waals surface area contributed by atoms with Crippen molar-refractivity contribution in [2.45, 2.75) is 38.8 Å². The summed E-state index contributed by atoms with van der Waals surface area (Å²) in [6, 6.07) is 9.35. The molecule has 0 radical (unpaired) electrons. The van der Waals surface area contributed by atoms with Crippen molar-refractivity contribution in [2.24, 2.45) is 5.73 Å². The molecule has 1 saturated heterocycles. The number of primary amides is 1. The molecule has 40 heavy (non-hydrogen) atoms. The van der Waals surface area contributed by atoms with E-state index in [0.29, 0.717) is 29.4 Å². The van der Waals surface area contributed by atoms with Gasteiger partial charge in [0.2, 0.25) is 5.91 Å². The van der Waals surface area contributed by atoms with Crippen LogP contribution in [0.5, 0.6) is 11.5 Å². The van der Waals surface area contributed by atoms with Crippen LogP contribution >= 0.6 is 11.5 Å². The Hall–Kier alpha value is -4.16. The van der Waals surface area contributed by atoms with Crippen LogP contribution in [0.15, 0.2) is 36.4 Å². The van der Waals surface area contributed by atoms with Gasteiger partial charge in [-0.15, -0.1) is 0 Å². The van der Waals surface area contributed by atoms with E-state index in [9.17, 15) is 14.4 Å². The molecule has 0 saturated carbocycles. The monoisotopic (exact) mass is 567 g/mol. The number of nitrogens with two attached hydrogens (primary N) is 2. The molecule has 1 aliphatic rings. The molecule has 1 aliphatic heterocycles. The van der Waals surface area contributed by atoms with Gasteiger partial charge in [-0.25, -0.2) is 0 Å². The van der Waals surface area contributed by atoms with Crippen molar-refractivity contribution in [2.75, 3.05) is 38.0 Å². The lowest BCUT2D eigenvalue weighted by Crippen LogP contribution is -2.46. The number of ether oxygens (including phenoxy) is 3. The van der Waals surface area contributed by atoms with E-state index in [4.69, 9.17) is 25.7 Å². The number of amides is 3. The molecule has 12 heteroatoms. The lowest BCUT2D eigenvalue weighted by atomic mass is 9.99. The molecule has 0 spiro atoms. The number of rotatable bonds is 10. The molecule has 2 aromatic carbocycles. The fourth-order valence-corrected chi connectivity index (χ4v) is 5.40. The van der Waals surface area contributed by atoms with Crippen molar-refractivity contribution in [1.29, 1.82) is 0 Å². The minimum absolute atomic E-state index is 0.00731. The molecule has 3 amide bonds. The van der Waals surface area contributed by atoms with Crippen LogP contribution in [0.1, 0.15) is 55.7 Å². The second-order valence-electron chi connectivity index (χ2n) is 9.43. The molecular formula is C28H33N5O6S. The summed E-state index contributed by atoms with van der Waals surface area (Å²) < 4.78 is 20.6. The topological polar surface area (TPSA) is 159 Å². The zero-order valence-corrected chi connectivity index (χ0v) is 23.7. The molecule has 11 nitrogen and oxygen atoms in total. The molecule has 0 unspecified atom stereocenters. The molecule has 0 bridgehead atoms. The normalized spacial score (nSPS) is 15.3. The number of carbonyl (C=O) groups is 3. The number of hydrogen-bond donors (Lipinski definition) is 3. The summed E-state index contributed by atoms with van der Waals surface area (Å²) in [4.78, 5) is 41.6. The number of carbonyl (C=O) groups excluding carboxylic acids is 3. The van der Waals surface area contributed by atoms with Crippen LogP contribution in [0.25, 0.3) is 0 Å². The average molecular weight is 568 g/mol. The predicted octanol–water partition coefficient (Wildman–Crippen LogP) is 3.14. The molecule has 1 fully saturated rings. The summed E-state index contributed by atoms with van der Waals surface area (Å²) in [7, 11) is 3.00. The molecule has 1 aromatic heterocycles. The number of aryl methyl sites for hydroxylation is 1. The van der Waals surface area contributed by atoms with Gasteiger partial charge >= 0.3 is 0 Å². The number of aromatic nitrogens is 1. The van der Waals surface area contributed by atoms with Crippen LogP contribution in [0.3, 0.4) is 0 Å². The molecule has 0 aliphatic carbocycles. The Balaban J connectivity index is 1.90. The van der Waals surface area contributed by atoms with Crippen LogP contribution < -0.4 is 31.2 Å². The highest BCUT2D eigenvalue weighted by molar-refractivity contribution is 7.09. The fraction of sp³-hybridized carbons (Fsp3) is 0.357. The first-order chi connectivity index (χ1) is 19.2. The summed E-state index contributed by atoms with van der Waals surface area (Å²) in [5, 5.41) is 2.97. The first-order valence-electron chi connectivity index (χ1n) is 12.7. The van der Waals surface area contributed by atoms with E-state index in [-0.39, 0.29) is 28.9 Å². The maximum atomic E-state index is 14.3. The predicted molar refractivity (Wildman–Crippen MR) is 152 cm³/mol. The molecule has 2 heterocycles. The minimum Gasteiger partial charge on any atom is -0.493 e. The number of anilines is 2. The molecule has 3 aromatic rings. The smallest absolute Gasteiger partial charge is 0.273 e. The maximum absolute atomic E-state index is 14.3. The van der Waals surface area contributed by atoms with E-state index < -0.39 is 23.8 Å². The molecular weight excluding hydrogens is 534 g/mol. The van der Waals surface area contributed by atoms with Gasteiger partial charge in [0.15, 0.2) is 17.2 Å². The van der Waals surface area contributed by atoms with Crippen LogP contribution in [0.4, 0.5) is 11.4 Å². The zero-order valence-electron chi connectivity index (χ0n) is 22.9. The average Bonchev–Trinajstić information content (AvgIpc) is 3.61. The Bertz CT molecular complexity index is 1420. The SMILES string of the molecule is COc1ccc([C@@H](C(=O)NC[C@H]2CCCO2)N(C(=O)c2snc(C(N)=O)c2N)c2cccc(C)c2C)cc1OC. The third kappa shape index (κ3) is 5.73. The number of nitrogens with zero attached hydrogens (tertiary/aromatic N) is 2. The molecule has 212 valence electrons. The first kappa shape index (κ1) is 28.8. The van der Waals surface area contributed by atoms with Gasteiger partial charge in [0.25, 0.3) is 11.8 Å². The molecule has 4 rings (SSSR count). The summed E-state index contributed by atoms with van der Waals surface area (Å²) >= 11 is 0.754. The largest absolute Gasteiger partial charge is 0.493 e. The van der Waals surface area contributed by atoms with Gasteiger partial charge < -0.3 is 31.0 Å². The number of nitrogen functional groups attached to an aromatic ring is 1. The van der Waals surface area contributed by atoms with Gasteiger partial charge in [-0.05, 0) is 73.1 Å². The highest BCUT2D eigenvalue weighted by atomic mass is 32.1. The molecule has 5 N–H and O–H groups in total. The van der Waals surface area contributed by atoms with E-state index in [1.165, 1.54) is 19.1 Å². The van der Waals surface area contributed by atoms with E-state index in [1.807, 2.05) is 19.9 Å². The van der Waals surface area contributed by atoms with Gasteiger partial charge in [0, 0.05) is 18.8 Å². The number of benzene rings is 2. The van der Waals surface area contributed by atoms with Crippen molar-refractivity contribution >= 4 is 40.6 Å². The van der Waals surface area contributed by atoms with Crippen molar-refractivity contribution in [3.8, 4) is 11.5 Å². The van der Waals surface area contributed by atoms with Gasteiger partial charge in [-0.1, -0.05) is 18.2 Å². The van der Waals surface area contributed by atoms with E-state index in [2.05, 4.69) is 9.69 Å². The minimum atomic E-state index is -1.16. The number of hydrogen-bond acceptors (Lipinski definition) is 9. The summed E-state index contributed by atoms with van der Waals surface area (Å²) in [6.07, 6.45) is 1.63. The highest BCUT2D eigenvalue weighted by Crippen LogP contribution is 2.38. The lowest BCUT2D eigenvalue weighted by molar-refractivity contribution is -0.123. The number of methoxy groups -OCH3 is 2. The summed E-state index contributed by atoms with van der Waals surface area (Å²) in [5.74, 6) is -1.04. The Kier molecular flexibility index (Phi) is 8.90. The quantitative estimate of drug-likeness (QED) is 0.337. The number of nitrogens with one attached hydrogen (secondary N) is 1. The van der Waals surface area contributed by atoms with Crippen LogP contribution in [0.2, 0.25) is 0 Å². The van der Waals surface area contributed by atoms with E-state index >= 15 is 0 Å². The zero-order chi connectivity index (χ0) is 29.0. The Morgan fingerprint density at radius 2 is 1.93 bits per heavy atom. The van der Waals surface area contributed by atoms with Crippen molar-refractivity contribution in [3.05, 3.63) is 63.7 Å². The van der Waals surface area contributed by atoms with Gasteiger partial charge in [-0.3, -0.25) is 19.3 Å². The van der Waals surface area contributed by atoms with Crippen molar-refractivity contribution in [1.82, 2.24) is 9.69 Å². The Labute approximate surface area is 236 Å². The fourth-order valence-electron chi connectivity index (χ4n) is 4.66. The van der Waals surface area contributed by atoms with Gasteiger partial charge in [0.05, 0.1) is 26.0 Å². The van der Waals surface area contributed by atoms with Gasteiger partial charge in [-0.2, -0.15) is 4.37 Å². The summed E-state index contributed by atoms with van der Waals surface area (Å²) in [5.41, 5.74) is 13.9. The van der Waals surface area contributed by atoms with Crippen LogP contribution in [0, 0.1) is 13.8 Å². The standard InChI is InChI=1S/C28H33N5O6S/c1-15-7-5-9-19(16(15)2)33(28(36)25-22(29)23(26(30)34)32-40-25)24(27(35)31-14-18-8-6-12-39-18)17-10-11-20(37-3)21(13-17)38-4/h5,7,9-11,13,18,24H,6,8,12,14,29H2,1-4H3,(H2,30,34)(H,31,35)/t18-,24+/m1/s1.